The first-order valence-electron chi connectivity index (χ1n) is 9.12. The van der Waals surface area contributed by atoms with Gasteiger partial charge in [0.15, 0.2) is 0 Å². The van der Waals surface area contributed by atoms with Crippen LogP contribution in [0.3, 0.4) is 0 Å². The number of hydrogen-bond acceptors (Lipinski definition) is 5. The van der Waals surface area contributed by atoms with Crippen LogP contribution in [0.1, 0.15) is 39.3 Å². The lowest BCUT2D eigenvalue weighted by atomic mass is 10.2. The average Bonchev–Trinajstić information content (AvgIpc) is 3.24. The maximum absolute atomic E-state index is 12.3. The summed E-state index contributed by atoms with van der Waals surface area (Å²) in [7, 11) is 0. The van der Waals surface area contributed by atoms with Crippen LogP contribution in [-0.2, 0) is 11.3 Å². The number of thiazole rings is 1. The van der Waals surface area contributed by atoms with Crippen LogP contribution >= 0.6 is 11.3 Å². The Morgan fingerprint density at radius 1 is 1.35 bits per heavy atom. The van der Waals surface area contributed by atoms with E-state index < -0.39 is 5.60 Å². The number of hydrogen-bond donors (Lipinski definition) is 1. The lowest BCUT2D eigenvalue weighted by Crippen LogP contribution is -2.44. The standard InChI is InChI=1S/C20H27N3O2S/c1-20(2,3)25-19(24)23-11-7-10-17(23)13-21-12-16-14-26-18(22-16)15-8-5-4-6-9-15/h4-6,8-9,14,17,21H,7,10-13H2,1-3H3. The molecule has 2 aromatic rings. The minimum atomic E-state index is -0.452. The molecule has 3 rings (SSSR count). The maximum atomic E-state index is 12.3. The highest BCUT2D eigenvalue weighted by Gasteiger charge is 2.31. The van der Waals surface area contributed by atoms with Crippen LogP contribution in [0.2, 0.25) is 0 Å². The normalized spacial score (nSPS) is 17.5. The van der Waals surface area contributed by atoms with Gasteiger partial charge in [0.25, 0.3) is 0 Å². The molecule has 1 unspecified atom stereocenters. The van der Waals surface area contributed by atoms with Crippen molar-refractivity contribution in [1.29, 1.82) is 0 Å². The Morgan fingerprint density at radius 3 is 2.85 bits per heavy atom. The molecule has 1 aliphatic heterocycles. The summed E-state index contributed by atoms with van der Waals surface area (Å²) in [5.41, 5.74) is 1.73. The highest BCUT2D eigenvalue weighted by Crippen LogP contribution is 2.23. The quantitative estimate of drug-likeness (QED) is 0.849. The van der Waals surface area contributed by atoms with Crippen LogP contribution in [0.15, 0.2) is 35.7 Å². The molecule has 0 aliphatic carbocycles. The molecule has 1 saturated heterocycles. The van der Waals surface area contributed by atoms with E-state index in [1.165, 1.54) is 0 Å². The van der Waals surface area contributed by atoms with E-state index in [1.54, 1.807) is 11.3 Å². The molecule has 0 spiro atoms. The van der Waals surface area contributed by atoms with Gasteiger partial charge < -0.3 is 15.0 Å². The number of ether oxygens (including phenoxy) is 1. The van der Waals surface area contributed by atoms with Gasteiger partial charge in [0.1, 0.15) is 10.6 Å². The molecule has 1 fully saturated rings. The first-order chi connectivity index (χ1) is 12.4. The van der Waals surface area contributed by atoms with Crippen LogP contribution in [0.4, 0.5) is 4.79 Å². The second-order valence-corrected chi connectivity index (χ2v) is 8.47. The van der Waals surface area contributed by atoms with Gasteiger partial charge >= 0.3 is 6.09 Å². The van der Waals surface area contributed by atoms with E-state index in [-0.39, 0.29) is 12.1 Å². The van der Waals surface area contributed by atoms with Crippen LogP contribution in [0, 0.1) is 0 Å². The number of carbonyl (C=O) groups excluding carboxylic acids is 1. The average molecular weight is 374 g/mol. The van der Waals surface area contributed by atoms with E-state index in [9.17, 15) is 4.79 Å². The number of likely N-dealkylation sites (tertiary alicyclic amines) is 1. The number of nitrogens with one attached hydrogen (secondary N) is 1. The second-order valence-electron chi connectivity index (χ2n) is 7.61. The van der Waals surface area contributed by atoms with E-state index in [0.717, 1.165) is 42.2 Å². The third kappa shape index (κ3) is 5.05. The molecular weight excluding hydrogens is 346 g/mol. The van der Waals surface area contributed by atoms with Gasteiger partial charge in [-0.2, -0.15) is 0 Å². The lowest BCUT2D eigenvalue weighted by molar-refractivity contribution is 0.0226. The van der Waals surface area contributed by atoms with Crippen molar-refractivity contribution in [2.45, 2.75) is 51.8 Å². The van der Waals surface area contributed by atoms with Crippen molar-refractivity contribution >= 4 is 17.4 Å². The van der Waals surface area contributed by atoms with Gasteiger partial charge in [-0.3, -0.25) is 0 Å². The molecule has 140 valence electrons. The Labute approximate surface area is 159 Å². The monoisotopic (exact) mass is 373 g/mol. The van der Waals surface area contributed by atoms with E-state index in [0.29, 0.717) is 6.54 Å². The summed E-state index contributed by atoms with van der Waals surface area (Å²) >= 11 is 1.66. The fourth-order valence-corrected chi connectivity index (χ4v) is 3.90. The Kier molecular flexibility index (Phi) is 5.94. The third-order valence-electron chi connectivity index (χ3n) is 4.26. The van der Waals surface area contributed by atoms with Crippen molar-refractivity contribution in [3.63, 3.8) is 0 Å². The smallest absolute Gasteiger partial charge is 0.410 e. The van der Waals surface area contributed by atoms with Crippen LogP contribution < -0.4 is 5.32 Å². The summed E-state index contributed by atoms with van der Waals surface area (Å²) in [5.74, 6) is 0. The van der Waals surface area contributed by atoms with Crippen LogP contribution in [-0.4, -0.2) is 40.7 Å². The van der Waals surface area contributed by atoms with Gasteiger partial charge in [-0.15, -0.1) is 11.3 Å². The Morgan fingerprint density at radius 2 is 2.12 bits per heavy atom. The zero-order valence-corrected chi connectivity index (χ0v) is 16.5. The molecule has 0 bridgehead atoms. The number of benzene rings is 1. The molecule has 2 heterocycles. The van der Waals surface area contributed by atoms with Crippen LogP contribution in [0.25, 0.3) is 10.6 Å². The molecule has 6 heteroatoms. The summed E-state index contributed by atoms with van der Waals surface area (Å²) in [6.07, 6.45) is 1.83. The third-order valence-corrected chi connectivity index (χ3v) is 5.20. The van der Waals surface area contributed by atoms with Crippen molar-refractivity contribution < 1.29 is 9.53 Å². The Bertz CT molecular complexity index is 724. The summed E-state index contributed by atoms with van der Waals surface area (Å²) in [4.78, 5) is 18.9. The predicted molar refractivity (Wildman–Crippen MR) is 105 cm³/mol. The lowest BCUT2D eigenvalue weighted by Gasteiger charge is -2.28. The van der Waals surface area contributed by atoms with Crippen molar-refractivity contribution in [1.82, 2.24) is 15.2 Å². The van der Waals surface area contributed by atoms with Crippen molar-refractivity contribution in [2.24, 2.45) is 0 Å². The zero-order chi connectivity index (χ0) is 18.6. The molecule has 1 aliphatic rings. The topological polar surface area (TPSA) is 54.5 Å². The summed E-state index contributed by atoms with van der Waals surface area (Å²) in [6, 6.07) is 10.4. The minimum absolute atomic E-state index is 0.192. The van der Waals surface area contributed by atoms with Gasteiger partial charge in [-0.25, -0.2) is 9.78 Å². The molecule has 1 aromatic heterocycles. The highest BCUT2D eigenvalue weighted by molar-refractivity contribution is 7.13. The van der Waals surface area contributed by atoms with E-state index in [4.69, 9.17) is 9.72 Å². The van der Waals surface area contributed by atoms with Gasteiger partial charge in [-0.1, -0.05) is 30.3 Å². The molecule has 1 aromatic carbocycles. The van der Waals surface area contributed by atoms with E-state index >= 15 is 0 Å². The molecular formula is C20H27N3O2S. The molecule has 1 N–H and O–H groups in total. The molecule has 1 atom stereocenters. The van der Waals surface area contributed by atoms with E-state index in [2.05, 4.69) is 22.8 Å². The van der Waals surface area contributed by atoms with Gasteiger partial charge in [0.2, 0.25) is 0 Å². The SMILES string of the molecule is CC(C)(C)OC(=O)N1CCCC1CNCc1csc(-c2ccccc2)n1. The largest absolute Gasteiger partial charge is 0.444 e. The molecule has 1 amide bonds. The summed E-state index contributed by atoms with van der Waals surface area (Å²) in [5, 5.41) is 6.58. The Balaban J connectivity index is 1.50. The number of nitrogens with zero attached hydrogens (tertiary/aromatic N) is 2. The number of carbonyl (C=O) groups is 1. The first kappa shape index (κ1) is 18.9. The summed E-state index contributed by atoms with van der Waals surface area (Å²) < 4.78 is 5.52. The number of aromatic nitrogens is 1. The first-order valence-corrected chi connectivity index (χ1v) is 10.0. The minimum Gasteiger partial charge on any atom is -0.444 e. The van der Waals surface area contributed by atoms with Gasteiger partial charge in [0, 0.05) is 36.6 Å². The fraction of sp³-hybridized carbons (Fsp3) is 0.500. The number of amides is 1. The molecule has 26 heavy (non-hydrogen) atoms. The Hall–Kier alpha value is -1.92. The van der Waals surface area contributed by atoms with E-state index in [1.807, 2.05) is 43.9 Å². The van der Waals surface area contributed by atoms with Crippen molar-refractivity contribution in [3.05, 3.63) is 41.4 Å². The highest BCUT2D eigenvalue weighted by atomic mass is 32.1. The van der Waals surface area contributed by atoms with Gasteiger partial charge in [0.05, 0.1) is 5.69 Å². The maximum Gasteiger partial charge on any atom is 0.410 e. The van der Waals surface area contributed by atoms with Crippen molar-refractivity contribution in [2.75, 3.05) is 13.1 Å². The molecule has 0 radical (unpaired) electrons. The molecule has 0 saturated carbocycles. The predicted octanol–water partition coefficient (Wildman–Crippen LogP) is 4.30. The molecule has 5 nitrogen and oxygen atoms in total. The van der Waals surface area contributed by atoms with Crippen LogP contribution in [0.5, 0.6) is 0 Å². The zero-order valence-electron chi connectivity index (χ0n) is 15.7. The second kappa shape index (κ2) is 8.18. The number of rotatable bonds is 5. The van der Waals surface area contributed by atoms with Gasteiger partial charge in [-0.05, 0) is 33.6 Å². The fourth-order valence-electron chi connectivity index (χ4n) is 3.08. The summed E-state index contributed by atoms with van der Waals surface area (Å²) in [6.45, 7) is 7.96. The van der Waals surface area contributed by atoms with Crippen molar-refractivity contribution in [3.8, 4) is 10.6 Å².